The van der Waals surface area contributed by atoms with Crippen LogP contribution in [0, 0.1) is 0 Å². The number of hydrogen-bond donors (Lipinski definition) is 2. The van der Waals surface area contributed by atoms with E-state index in [9.17, 15) is 0 Å². The van der Waals surface area contributed by atoms with Crippen LogP contribution in [0.15, 0.2) is 40.0 Å². The first kappa shape index (κ1) is 17.1. The third-order valence-corrected chi connectivity index (χ3v) is 4.02. The van der Waals surface area contributed by atoms with Gasteiger partial charge in [-0.3, -0.25) is 0 Å². The molecule has 0 saturated carbocycles. The van der Waals surface area contributed by atoms with Crippen molar-refractivity contribution in [3.05, 3.63) is 46.2 Å². The van der Waals surface area contributed by atoms with E-state index in [4.69, 9.17) is 9.47 Å². The molecule has 0 aliphatic heterocycles. The van der Waals surface area contributed by atoms with Crippen molar-refractivity contribution in [3.63, 3.8) is 0 Å². The topological polar surface area (TPSA) is 54.9 Å². The fraction of sp³-hybridized carbons (Fsp3) is 0.353. The van der Waals surface area contributed by atoms with Crippen molar-refractivity contribution in [1.29, 1.82) is 0 Å². The van der Waals surface area contributed by atoms with Crippen molar-refractivity contribution < 1.29 is 9.47 Å². The Balaban J connectivity index is 2.02. The molecule has 5 nitrogen and oxygen atoms in total. The van der Waals surface area contributed by atoms with Gasteiger partial charge < -0.3 is 20.1 Å². The number of hydrogen-bond acceptors (Lipinski definition) is 4. The zero-order valence-corrected chi connectivity index (χ0v) is 14.6. The van der Waals surface area contributed by atoms with Crippen LogP contribution >= 0.6 is 11.3 Å². The molecule has 2 N–H and O–H groups in total. The van der Waals surface area contributed by atoms with Crippen LogP contribution in [0.1, 0.15) is 18.1 Å². The van der Waals surface area contributed by atoms with Gasteiger partial charge in [0.25, 0.3) is 0 Å². The zero-order chi connectivity index (χ0) is 16.5. The predicted molar refractivity (Wildman–Crippen MR) is 95.5 cm³/mol. The molecule has 0 aliphatic carbocycles. The Hall–Kier alpha value is -2.21. The van der Waals surface area contributed by atoms with Gasteiger partial charge in [0.15, 0.2) is 5.96 Å². The number of nitrogens with one attached hydrogen (secondary N) is 2. The molecule has 2 aromatic rings. The maximum atomic E-state index is 5.42. The van der Waals surface area contributed by atoms with Gasteiger partial charge in [-0.25, -0.2) is 4.99 Å². The lowest BCUT2D eigenvalue weighted by Gasteiger charge is -2.14. The second kappa shape index (κ2) is 9.05. The van der Waals surface area contributed by atoms with Gasteiger partial charge in [-0.05, 0) is 41.4 Å². The molecule has 0 atom stereocenters. The van der Waals surface area contributed by atoms with Crippen molar-refractivity contribution in [2.75, 3.05) is 20.8 Å². The molecule has 6 heteroatoms. The molecule has 124 valence electrons. The average molecular weight is 333 g/mol. The van der Waals surface area contributed by atoms with Crippen molar-refractivity contribution in [3.8, 4) is 11.5 Å². The first-order chi connectivity index (χ1) is 11.3. The Labute approximate surface area is 141 Å². The Morgan fingerprint density at radius 3 is 2.70 bits per heavy atom. The van der Waals surface area contributed by atoms with E-state index >= 15 is 0 Å². The van der Waals surface area contributed by atoms with E-state index in [1.807, 2.05) is 18.2 Å². The maximum Gasteiger partial charge on any atom is 0.191 e. The van der Waals surface area contributed by atoms with Crippen molar-refractivity contribution >= 4 is 17.3 Å². The molecule has 0 spiro atoms. The van der Waals surface area contributed by atoms with Crippen LogP contribution in [-0.4, -0.2) is 26.7 Å². The molecular formula is C17H23N3O2S. The van der Waals surface area contributed by atoms with Gasteiger partial charge >= 0.3 is 0 Å². The van der Waals surface area contributed by atoms with Gasteiger partial charge in [-0.2, -0.15) is 11.3 Å². The summed E-state index contributed by atoms with van der Waals surface area (Å²) in [6, 6.07) is 7.89. The Morgan fingerprint density at radius 2 is 2.04 bits per heavy atom. The minimum Gasteiger partial charge on any atom is -0.497 e. The quantitative estimate of drug-likeness (QED) is 0.604. The molecule has 0 unspecified atom stereocenters. The van der Waals surface area contributed by atoms with Crippen LogP contribution in [0.25, 0.3) is 0 Å². The smallest absolute Gasteiger partial charge is 0.191 e. The number of rotatable bonds is 7. The monoisotopic (exact) mass is 333 g/mol. The van der Waals surface area contributed by atoms with E-state index in [1.54, 1.807) is 25.6 Å². The van der Waals surface area contributed by atoms with Gasteiger partial charge in [0.1, 0.15) is 11.5 Å². The number of aliphatic imine (C=N–C) groups is 1. The molecule has 0 bridgehead atoms. The number of nitrogens with zero attached hydrogens (tertiary/aromatic N) is 1. The summed E-state index contributed by atoms with van der Waals surface area (Å²) in [4.78, 5) is 4.60. The predicted octanol–water partition coefficient (Wildman–Crippen LogP) is 3.02. The highest BCUT2D eigenvalue weighted by Gasteiger charge is 2.06. The van der Waals surface area contributed by atoms with Gasteiger partial charge in [0.2, 0.25) is 0 Å². The molecule has 1 aromatic carbocycles. The van der Waals surface area contributed by atoms with E-state index in [0.717, 1.165) is 29.6 Å². The number of thiophene rings is 1. The summed E-state index contributed by atoms with van der Waals surface area (Å²) in [5.74, 6) is 2.37. The highest BCUT2D eigenvalue weighted by atomic mass is 32.1. The Kier molecular flexibility index (Phi) is 6.75. The fourth-order valence-electron chi connectivity index (χ4n) is 2.07. The zero-order valence-electron chi connectivity index (χ0n) is 13.8. The third kappa shape index (κ3) is 5.17. The number of methoxy groups -OCH3 is 2. The molecule has 0 fully saturated rings. The summed E-state index contributed by atoms with van der Waals surface area (Å²) < 4.78 is 10.6. The molecule has 0 saturated heterocycles. The number of ether oxygens (including phenoxy) is 2. The molecule has 0 aliphatic rings. The van der Waals surface area contributed by atoms with Gasteiger partial charge in [0, 0.05) is 24.7 Å². The van der Waals surface area contributed by atoms with Gasteiger partial charge in [0.05, 0.1) is 20.8 Å². The molecule has 0 amide bonds. The minimum atomic E-state index is 0.628. The van der Waals surface area contributed by atoms with Crippen LogP contribution < -0.4 is 20.1 Å². The summed E-state index contributed by atoms with van der Waals surface area (Å²) in [6.07, 6.45) is 0. The third-order valence-electron chi connectivity index (χ3n) is 3.28. The van der Waals surface area contributed by atoms with E-state index in [0.29, 0.717) is 13.1 Å². The first-order valence-corrected chi connectivity index (χ1v) is 8.45. The van der Waals surface area contributed by atoms with Crippen LogP contribution in [0.4, 0.5) is 0 Å². The second-order valence-electron chi connectivity index (χ2n) is 4.86. The molecule has 1 aromatic heterocycles. The largest absolute Gasteiger partial charge is 0.497 e. The van der Waals surface area contributed by atoms with Crippen molar-refractivity contribution in [2.45, 2.75) is 20.0 Å². The number of guanidine groups is 1. The van der Waals surface area contributed by atoms with Gasteiger partial charge in [-0.15, -0.1) is 0 Å². The lowest BCUT2D eigenvalue weighted by atomic mass is 10.2. The van der Waals surface area contributed by atoms with Crippen LogP contribution in [0.5, 0.6) is 11.5 Å². The molecular weight excluding hydrogens is 310 g/mol. The van der Waals surface area contributed by atoms with Crippen LogP contribution in [0.2, 0.25) is 0 Å². The normalized spacial score (nSPS) is 11.2. The van der Waals surface area contributed by atoms with E-state index in [1.165, 1.54) is 5.56 Å². The first-order valence-electron chi connectivity index (χ1n) is 7.51. The summed E-state index contributed by atoms with van der Waals surface area (Å²) in [7, 11) is 3.31. The number of benzene rings is 1. The lowest BCUT2D eigenvalue weighted by Crippen LogP contribution is -2.36. The molecule has 0 radical (unpaired) electrons. The van der Waals surface area contributed by atoms with E-state index < -0.39 is 0 Å². The van der Waals surface area contributed by atoms with Crippen LogP contribution in [-0.2, 0) is 13.1 Å². The van der Waals surface area contributed by atoms with Crippen molar-refractivity contribution in [2.24, 2.45) is 4.99 Å². The van der Waals surface area contributed by atoms with Crippen LogP contribution in [0.3, 0.4) is 0 Å². The molecule has 23 heavy (non-hydrogen) atoms. The second-order valence-corrected chi connectivity index (χ2v) is 5.64. The van der Waals surface area contributed by atoms with E-state index in [2.05, 4.69) is 39.4 Å². The highest BCUT2D eigenvalue weighted by Crippen LogP contribution is 2.24. The lowest BCUT2D eigenvalue weighted by molar-refractivity contribution is 0.390. The van der Waals surface area contributed by atoms with Crippen molar-refractivity contribution in [1.82, 2.24) is 10.6 Å². The Morgan fingerprint density at radius 1 is 1.17 bits per heavy atom. The summed E-state index contributed by atoms with van der Waals surface area (Å²) >= 11 is 1.68. The maximum absolute atomic E-state index is 5.42. The standard InChI is InChI=1S/C17H23N3O2S/c1-4-18-17(19-10-13-7-8-23-12-13)20-11-14-5-6-15(21-2)9-16(14)22-3/h5-9,12H,4,10-11H2,1-3H3,(H2,18,19,20). The van der Waals surface area contributed by atoms with E-state index in [-0.39, 0.29) is 0 Å². The average Bonchev–Trinajstić information content (AvgIpc) is 3.10. The Bertz CT molecular complexity index is 627. The summed E-state index contributed by atoms with van der Waals surface area (Å²) in [5, 5.41) is 10.8. The summed E-state index contributed by atoms with van der Waals surface area (Å²) in [5.41, 5.74) is 2.27. The SMILES string of the molecule is CCNC(=NCc1ccsc1)NCc1ccc(OC)cc1OC. The molecule has 1 heterocycles. The summed E-state index contributed by atoms with van der Waals surface area (Å²) in [6.45, 7) is 4.16. The minimum absolute atomic E-state index is 0.628. The van der Waals surface area contributed by atoms with Gasteiger partial charge in [-0.1, -0.05) is 0 Å². The highest BCUT2D eigenvalue weighted by molar-refractivity contribution is 7.07. The molecule has 2 rings (SSSR count). The fourth-order valence-corrected chi connectivity index (χ4v) is 2.73.